The minimum absolute atomic E-state index is 0.0487. The van der Waals surface area contributed by atoms with Crippen LogP contribution in [0.2, 0.25) is 0 Å². The molecule has 0 fully saturated rings. The van der Waals surface area contributed by atoms with Gasteiger partial charge in [-0.3, -0.25) is 4.79 Å². The lowest BCUT2D eigenvalue weighted by molar-refractivity contribution is -0.121. The maximum absolute atomic E-state index is 11.5. The number of nitrogens with one attached hydrogen (secondary N) is 1. The highest BCUT2D eigenvalue weighted by molar-refractivity contribution is 6.18. The third-order valence-electron chi connectivity index (χ3n) is 2.77. The highest BCUT2D eigenvalue weighted by atomic mass is 35.5. The molecule has 5 heteroatoms. The fourth-order valence-corrected chi connectivity index (χ4v) is 1.98. The molecule has 1 aliphatic rings. The number of hydrogen-bond donors (Lipinski definition) is 1. The van der Waals surface area contributed by atoms with Crippen LogP contribution in [0.1, 0.15) is 24.9 Å². The standard InChI is InChI=1S/C13H16ClNO3/c1-9(15-13(16)4-5-14)10-2-3-11-12(8-10)18-7-6-17-11/h2-3,8-9H,4-7H2,1H3,(H,15,16). The van der Waals surface area contributed by atoms with Crippen LogP contribution in [0.5, 0.6) is 11.5 Å². The molecule has 4 nitrogen and oxygen atoms in total. The summed E-state index contributed by atoms with van der Waals surface area (Å²) in [5.41, 5.74) is 0.988. The molecule has 98 valence electrons. The molecule has 1 aromatic carbocycles. The number of carbonyl (C=O) groups excluding carboxylic acids is 1. The van der Waals surface area contributed by atoms with Gasteiger partial charge in [-0.1, -0.05) is 6.07 Å². The topological polar surface area (TPSA) is 47.6 Å². The summed E-state index contributed by atoms with van der Waals surface area (Å²) in [6, 6.07) is 5.63. The number of rotatable bonds is 4. The number of carbonyl (C=O) groups is 1. The molecule has 1 N–H and O–H groups in total. The van der Waals surface area contributed by atoms with Crippen molar-refractivity contribution in [3.8, 4) is 11.5 Å². The summed E-state index contributed by atoms with van der Waals surface area (Å²) >= 11 is 5.52. The fourth-order valence-electron chi connectivity index (χ4n) is 1.81. The summed E-state index contributed by atoms with van der Waals surface area (Å²) in [4.78, 5) is 11.5. The molecule has 0 bridgehead atoms. The van der Waals surface area contributed by atoms with Gasteiger partial charge in [0.15, 0.2) is 11.5 Å². The first-order valence-electron chi connectivity index (χ1n) is 5.95. The highest BCUT2D eigenvalue weighted by Gasteiger charge is 2.15. The molecule has 1 heterocycles. The maximum atomic E-state index is 11.5. The van der Waals surface area contributed by atoms with Crippen molar-refractivity contribution in [2.45, 2.75) is 19.4 Å². The summed E-state index contributed by atoms with van der Waals surface area (Å²) in [7, 11) is 0. The first-order valence-corrected chi connectivity index (χ1v) is 6.49. The Balaban J connectivity index is 2.06. The normalized spacial score (nSPS) is 15.0. The van der Waals surface area contributed by atoms with Gasteiger partial charge in [0, 0.05) is 12.3 Å². The van der Waals surface area contributed by atoms with E-state index in [1.807, 2.05) is 25.1 Å². The van der Waals surface area contributed by atoms with Gasteiger partial charge in [-0.25, -0.2) is 0 Å². The summed E-state index contributed by atoms with van der Waals surface area (Å²) < 4.78 is 11.0. The van der Waals surface area contributed by atoms with Gasteiger partial charge in [0.2, 0.25) is 5.91 Å². The number of amides is 1. The Hall–Kier alpha value is -1.42. The Morgan fingerprint density at radius 2 is 2.11 bits per heavy atom. The number of alkyl halides is 1. The van der Waals surface area contributed by atoms with Crippen molar-refractivity contribution in [3.63, 3.8) is 0 Å². The number of benzene rings is 1. The van der Waals surface area contributed by atoms with Crippen LogP contribution >= 0.6 is 11.6 Å². The van der Waals surface area contributed by atoms with Gasteiger partial charge in [-0.05, 0) is 24.6 Å². The quantitative estimate of drug-likeness (QED) is 0.853. The van der Waals surface area contributed by atoms with Gasteiger partial charge in [0.25, 0.3) is 0 Å². The van der Waals surface area contributed by atoms with Crippen LogP contribution in [0.25, 0.3) is 0 Å². The van der Waals surface area contributed by atoms with Crippen molar-refractivity contribution >= 4 is 17.5 Å². The van der Waals surface area contributed by atoms with E-state index in [-0.39, 0.29) is 11.9 Å². The first kappa shape index (κ1) is 13.0. The number of fused-ring (bicyclic) bond motifs is 1. The first-order chi connectivity index (χ1) is 8.70. The van der Waals surface area contributed by atoms with Crippen LogP contribution in [0.4, 0.5) is 0 Å². The van der Waals surface area contributed by atoms with E-state index in [2.05, 4.69) is 5.32 Å². The van der Waals surface area contributed by atoms with Gasteiger partial charge in [0.05, 0.1) is 6.04 Å². The van der Waals surface area contributed by atoms with E-state index in [1.165, 1.54) is 0 Å². The molecular weight excluding hydrogens is 254 g/mol. The molecule has 0 spiro atoms. The van der Waals surface area contributed by atoms with E-state index >= 15 is 0 Å². The molecule has 1 amide bonds. The predicted octanol–water partition coefficient (Wildman–Crippen LogP) is 2.26. The molecule has 1 aromatic rings. The number of halogens is 1. The fraction of sp³-hybridized carbons (Fsp3) is 0.462. The maximum Gasteiger partial charge on any atom is 0.221 e. The Kier molecular flexibility index (Phi) is 4.31. The van der Waals surface area contributed by atoms with Crippen molar-refractivity contribution in [1.29, 1.82) is 0 Å². The Labute approximate surface area is 111 Å². The van der Waals surface area contributed by atoms with Crippen LogP contribution in [-0.2, 0) is 4.79 Å². The number of hydrogen-bond acceptors (Lipinski definition) is 3. The molecule has 1 atom stereocenters. The lowest BCUT2D eigenvalue weighted by Crippen LogP contribution is -2.26. The zero-order valence-electron chi connectivity index (χ0n) is 10.2. The van der Waals surface area contributed by atoms with E-state index in [1.54, 1.807) is 0 Å². The summed E-state index contributed by atoms with van der Waals surface area (Å²) in [6.45, 7) is 3.06. The molecule has 0 saturated carbocycles. The van der Waals surface area contributed by atoms with E-state index in [0.717, 1.165) is 17.1 Å². The third-order valence-corrected chi connectivity index (χ3v) is 2.95. The molecule has 2 rings (SSSR count). The van der Waals surface area contributed by atoms with Gasteiger partial charge >= 0.3 is 0 Å². The minimum atomic E-state index is -0.0726. The van der Waals surface area contributed by atoms with Crippen LogP contribution in [0.3, 0.4) is 0 Å². The van der Waals surface area contributed by atoms with E-state index in [4.69, 9.17) is 21.1 Å². The largest absolute Gasteiger partial charge is 0.486 e. The Morgan fingerprint density at radius 3 is 2.83 bits per heavy atom. The van der Waals surface area contributed by atoms with Crippen LogP contribution < -0.4 is 14.8 Å². The van der Waals surface area contributed by atoms with Gasteiger partial charge < -0.3 is 14.8 Å². The SMILES string of the molecule is CC(NC(=O)CCCl)c1ccc2c(c1)OCCO2. The van der Waals surface area contributed by atoms with Crippen molar-refractivity contribution in [3.05, 3.63) is 23.8 Å². The Morgan fingerprint density at radius 1 is 1.39 bits per heavy atom. The van der Waals surface area contributed by atoms with E-state index < -0.39 is 0 Å². The van der Waals surface area contributed by atoms with Gasteiger partial charge in [-0.15, -0.1) is 11.6 Å². The van der Waals surface area contributed by atoms with Gasteiger partial charge in [-0.2, -0.15) is 0 Å². The zero-order valence-corrected chi connectivity index (χ0v) is 11.0. The van der Waals surface area contributed by atoms with Crippen LogP contribution in [0.15, 0.2) is 18.2 Å². The number of ether oxygens (including phenoxy) is 2. The van der Waals surface area contributed by atoms with E-state index in [9.17, 15) is 4.79 Å². The summed E-state index contributed by atoms with van der Waals surface area (Å²) in [6.07, 6.45) is 0.330. The second kappa shape index (κ2) is 5.96. The molecule has 0 saturated heterocycles. The Bertz CT molecular complexity index is 436. The molecule has 0 aromatic heterocycles. The van der Waals surface area contributed by atoms with Crippen molar-refractivity contribution < 1.29 is 14.3 Å². The monoisotopic (exact) mass is 269 g/mol. The average molecular weight is 270 g/mol. The van der Waals surface area contributed by atoms with Crippen LogP contribution in [-0.4, -0.2) is 25.0 Å². The molecular formula is C13H16ClNO3. The smallest absolute Gasteiger partial charge is 0.221 e. The highest BCUT2D eigenvalue weighted by Crippen LogP contribution is 2.32. The molecule has 1 aliphatic heterocycles. The van der Waals surface area contributed by atoms with Gasteiger partial charge in [0.1, 0.15) is 13.2 Å². The minimum Gasteiger partial charge on any atom is -0.486 e. The summed E-state index contributed by atoms with van der Waals surface area (Å²) in [5, 5.41) is 2.88. The summed E-state index contributed by atoms with van der Waals surface area (Å²) in [5.74, 6) is 1.77. The molecule has 0 radical (unpaired) electrons. The second-order valence-electron chi connectivity index (χ2n) is 4.13. The van der Waals surface area contributed by atoms with Crippen LogP contribution in [0, 0.1) is 0 Å². The molecule has 18 heavy (non-hydrogen) atoms. The van der Waals surface area contributed by atoms with Crippen molar-refractivity contribution in [2.75, 3.05) is 19.1 Å². The lowest BCUT2D eigenvalue weighted by Gasteiger charge is -2.21. The van der Waals surface area contributed by atoms with E-state index in [0.29, 0.717) is 25.5 Å². The lowest BCUT2D eigenvalue weighted by atomic mass is 10.1. The molecule has 1 unspecified atom stereocenters. The molecule has 0 aliphatic carbocycles. The average Bonchev–Trinajstić information content (AvgIpc) is 2.38. The third kappa shape index (κ3) is 3.07. The zero-order chi connectivity index (χ0) is 13.0. The van der Waals surface area contributed by atoms with Crippen molar-refractivity contribution in [1.82, 2.24) is 5.32 Å². The second-order valence-corrected chi connectivity index (χ2v) is 4.51. The predicted molar refractivity (Wildman–Crippen MR) is 69.3 cm³/mol. The van der Waals surface area contributed by atoms with Crippen molar-refractivity contribution in [2.24, 2.45) is 0 Å².